The van der Waals surface area contributed by atoms with Crippen LogP contribution in [0.5, 0.6) is 0 Å². The first kappa shape index (κ1) is 31.6. The zero-order valence-electron chi connectivity index (χ0n) is 27.6. The highest BCUT2D eigenvalue weighted by atomic mass is 19.1. The molecule has 2 aromatic carbocycles. The number of hydrogen-bond acceptors (Lipinski definition) is 2. The lowest BCUT2D eigenvalue weighted by Crippen LogP contribution is -2.52. The van der Waals surface area contributed by atoms with Crippen LogP contribution in [0.15, 0.2) is 66.4 Å². The largest absolute Gasteiger partial charge is 0.331 e. The van der Waals surface area contributed by atoms with Crippen LogP contribution in [0.3, 0.4) is 0 Å². The first-order chi connectivity index (χ1) is 21.8. The quantitative estimate of drug-likeness (QED) is 0.248. The summed E-state index contributed by atoms with van der Waals surface area (Å²) < 4.78 is 15.6. The van der Waals surface area contributed by atoms with Gasteiger partial charge in [0, 0.05) is 12.1 Å². The Morgan fingerprint density at radius 3 is 2.51 bits per heavy atom. The molecule has 0 spiro atoms. The maximum absolute atomic E-state index is 14.4. The Labute approximate surface area is 269 Å². The number of carbonyl (C=O) groups excluding carboxylic acids is 1. The summed E-state index contributed by atoms with van der Waals surface area (Å²) in [5, 5.41) is 8.34. The van der Waals surface area contributed by atoms with Crippen LogP contribution in [0.2, 0.25) is 0 Å². The molecule has 0 saturated heterocycles. The average molecular weight is 611 g/mol. The van der Waals surface area contributed by atoms with E-state index in [0.29, 0.717) is 17.9 Å². The number of benzene rings is 2. The fourth-order valence-corrected chi connectivity index (χ4v) is 8.52. The lowest BCUT2D eigenvalue weighted by atomic mass is 9.68. The highest BCUT2D eigenvalue weighted by Crippen LogP contribution is 2.55. The minimum atomic E-state index is -0.240. The van der Waals surface area contributed by atoms with E-state index < -0.39 is 0 Å². The fourth-order valence-electron chi connectivity index (χ4n) is 8.52. The molecule has 0 bridgehead atoms. The first-order valence-electron chi connectivity index (χ1n) is 17.4. The second kappa shape index (κ2) is 13.5. The number of halogens is 1. The van der Waals surface area contributed by atoms with E-state index in [2.05, 4.69) is 74.3 Å². The summed E-state index contributed by atoms with van der Waals surface area (Å²) in [6, 6.07) is 17.8. The molecule has 6 heteroatoms. The van der Waals surface area contributed by atoms with Gasteiger partial charge in [0.15, 0.2) is 0 Å². The molecular weight excluding hydrogens is 559 g/mol. The average Bonchev–Trinajstić information content (AvgIpc) is 3.59. The number of rotatable bonds is 10. The Kier molecular flexibility index (Phi) is 9.49. The van der Waals surface area contributed by atoms with E-state index in [1.807, 2.05) is 10.9 Å². The lowest BCUT2D eigenvalue weighted by molar-refractivity contribution is 0.113. The molecule has 3 aliphatic rings. The molecule has 2 amide bonds. The highest BCUT2D eigenvalue weighted by Gasteiger charge is 2.46. The Balaban J connectivity index is 1.24. The molecule has 1 heterocycles. The molecule has 2 fully saturated rings. The van der Waals surface area contributed by atoms with Crippen molar-refractivity contribution < 1.29 is 9.18 Å². The summed E-state index contributed by atoms with van der Waals surface area (Å²) in [7, 11) is 0. The van der Waals surface area contributed by atoms with Crippen molar-refractivity contribution in [3.63, 3.8) is 0 Å². The number of aromatic nitrogens is 2. The van der Waals surface area contributed by atoms with Crippen molar-refractivity contribution >= 4 is 12.1 Å². The van der Waals surface area contributed by atoms with Crippen LogP contribution in [-0.2, 0) is 6.42 Å². The van der Waals surface area contributed by atoms with Gasteiger partial charge in [-0.25, -0.2) is 13.9 Å². The summed E-state index contributed by atoms with van der Waals surface area (Å²) in [5.74, 6) is 0.782. The predicted octanol–water partition coefficient (Wildman–Crippen LogP) is 9.67. The SMILES string of the molecule is CCC(C)CC(C)N(C(=O)NC(CC1CCC2=Cc3c(cnn3-c3ccc(F)cc3)CC21C)c1ccccc1)C1CCCCC1. The first-order valence-corrected chi connectivity index (χ1v) is 17.4. The normalized spacial score (nSPS) is 23.4. The van der Waals surface area contributed by atoms with Crippen LogP contribution in [0.25, 0.3) is 11.8 Å². The van der Waals surface area contributed by atoms with E-state index in [1.165, 1.54) is 48.1 Å². The minimum Gasteiger partial charge on any atom is -0.331 e. The number of hydrogen-bond donors (Lipinski definition) is 1. The lowest BCUT2D eigenvalue weighted by Gasteiger charge is -2.41. The van der Waals surface area contributed by atoms with E-state index in [0.717, 1.165) is 62.7 Å². The molecule has 240 valence electrons. The predicted molar refractivity (Wildman–Crippen MR) is 181 cm³/mol. The van der Waals surface area contributed by atoms with Gasteiger partial charge in [-0.2, -0.15) is 5.10 Å². The van der Waals surface area contributed by atoms with Crippen molar-refractivity contribution in [2.45, 2.75) is 116 Å². The third kappa shape index (κ3) is 6.62. The van der Waals surface area contributed by atoms with Gasteiger partial charge in [-0.15, -0.1) is 0 Å². The van der Waals surface area contributed by atoms with Crippen molar-refractivity contribution in [2.75, 3.05) is 0 Å². The summed E-state index contributed by atoms with van der Waals surface area (Å²) in [4.78, 5) is 16.6. The standard InChI is InChI=1S/C39H51FN4O/c1-5-27(2)22-28(3)43(34-14-10-7-11-15-34)38(45)42-36(29-12-8-6-9-13-29)23-31-16-17-32-24-37-30(25-39(31,32)4)26-41-44(37)35-20-18-33(40)19-21-35/h6,8-9,12-13,18-21,24,26-28,31,34,36H,5,7,10-11,14-17,22-23,25H2,1-4H3,(H,42,45). The molecule has 6 rings (SSSR count). The molecule has 1 aromatic heterocycles. The second-order valence-electron chi connectivity index (χ2n) is 14.4. The molecule has 5 atom stereocenters. The van der Waals surface area contributed by atoms with Gasteiger partial charge in [0.25, 0.3) is 0 Å². The van der Waals surface area contributed by atoms with Crippen LogP contribution >= 0.6 is 0 Å². The topological polar surface area (TPSA) is 50.2 Å². The van der Waals surface area contributed by atoms with Gasteiger partial charge in [-0.3, -0.25) is 0 Å². The van der Waals surface area contributed by atoms with Crippen molar-refractivity contribution in [2.24, 2.45) is 17.3 Å². The summed E-state index contributed by atoms with van der Waals surface area (Å²) in [6.07, 6.45) is 16.4. The van der Waals surface area contributed by atoms with E-state index in [-0.39, 0.29) is 29.3 Å². The van der Waals surface area contributed by atoms with Crippen molar-refractivity contribution in [3.05, 3.63) is 89.0 Å². The molecule has 0 radical (unpaired) electrons. The van der Waals surface area contributed by atoms with Crippen molar-refractivity contribution in [3.8, 4) is 5.69 Å². The van der Waals surface area contributed by atoms with Gasteiger partial charge >= 0.3 is 6.03 Å². The number of allylic oxidation sites excluding steroid dienone is 1. The molecule has 3 aromatic rings. The monoisotopic (exact) mass is 610 g/mol. The van der Waals surface area contributed by atoms with Crippen LogP contribution in [0.4, 0.5) is 9.18 Å². The van der Waals surface area contributed by atoms with Gasteiger partial charge in [0.05, 0.1) is 23.6 Å². The van der Waals surface area contributed by atoms with Gasteiger partial charge in [0.2, 0.25) is 0 Å². The highest BCUT2D eigenvalue weighted by molar-refractivity contribution is 5.75. The molecule has 1 N–H and O–H groups in total. The Hall–Kier alpha value is -3.41. The van der Waals surface area contributed by atoms with Crippen molar-refractivity contribution in [1.29, 1.82) is 0 Å². The number of nitrogens with zero attached hydrogens (tertiary/aromatic N) is 3. The third-order valence-electron chi connectivity index (χ3n) is 11.4. The van der Waals surface area contributed by atoms with E-state index in [1.54, 1.807) is 12.1 Å². The number of urea groups is 1. The zero-order valence-corrected chi connectivity index (χ0v) is 27.6. The van der Waals surface area contributed by atoms with Gasteiger partial charge in [0.1, 0.15) is 5.82 Å². The maximum Gasteiger partial charge on any atom is 0.318 e. The van der Waals surface area contributed by atoms with Gasteiger partial charge in [-0.05, 0) is 111 Å². The number of carbonyl (C=O) groups is 1. The molecule has 0 aliphatic heterocycles. The van der Waals surface area contributed by atoms with Crippen LogP contribution in [-0.4, -0.2) is 32.8 Å². The number of amides is 2. The van der Waals surface area contributed by atoms with Gasteiger partial charge in [-0.1, -0.05) is 82.4 Å². The van der Waals surface area contributed by atoms with E-state index >= 15 is 0 Å². The Morgan fingerprint density at radius 1 is 1.07 bits per heavy atom. The molecule has 5 unspecified atom stereocenters. The smallest absolute Gasteiger partial charge is 0.318 e. The molecular formula is C39H51FN4O. The maximum atomic E-state index is 14.4. The van der Waals surface area contributed by atoms with E-state index in [4.69, 9.17) is 5.10 Å². The van der Waals surface area contributed by atoms with E-state index in [9.17, 15) is 9.18 Å². The number of fused-ring (bicyclic) bond motifs is 2. The zero-order chi connectivity index (χ0) is 31.6. The summed E-state index contributed by atoms with van der Waals surface area (Å²) >= 11 is 0. The van der Waals surface area contributed by atoms with Gasteiger partial charge < -0.3 is 10.2 Å². The van der Waals surface area contributed by atoms with Crippen LogP contribution in [0, 0.1) is 23.1 Å². The van der Waals surface area contributed by atoms with Crippen LogP contribution < -0.4 is 5.32 Å². The minimum absolute atomic E-state index is 0.00826. The number of nitrogens with one attached hydrogen (secondary N) is 1. The molecule has 3 aliphatic carbocycles. The third-order valence-corrected chi connectivity index (χ3v) is 11.4. The van der Waals surface area contributed by atoms with Crippen molar-refractivity contribution in [1.82, 2.24) is 20.0 Å². The Morgan fingerprint density at radius 2 is 1.80 bits per heavy atom. The molecule has 2 saturated carbocycles. The summed E-state index contributed by atoms with van der Waals surface area (Å²) in [5.41, 5.74) is 5.89. The molecule has 45 heavy (non-hydrogen) atoms. The Bertz CT molecular complexity index is 1470. The second-order valence-corrected chi connectivity index (χ2v) is 14.4. The molecule has 5 nitrogen and oxygen atoms in total. The van der Waals surface area contributed by atoms with Crippen LogP contribution in [0.1, 0.15) is 115 Å². The fraction of sp³-hybridized carbons (Fsp3) is 0.538. The summed E-state index contributed by atoms with van der Waals surface area (Å²) in [6.45, 7) is 9.24.